The molecule has 1 heterocycles. The Morgan fingerprint density at radius 1 is 1.29 bits per heavy atom. The molecule has 0 saturated carbocycles. The van der Waals surface area contributed by atoms with Crippen molar-refractivity contribution in [1.29, 1.82) is 0 Å². The average Bonchev–Trinajstić information content (AvgIpc) is 2.68. The van der Waals surface area contributed by atoms with E-state index in [1.165, 1.54) is 5.56 Å². The molecular weight excluding hydrogens is 174 g/mol. The fourth-order valence-corrected chi connectivity index (χ4v) is 2.05. The smallest absolute Gasteiger partial charge is 0.0306 e. The first-order valence-corrected chi connectivity index (χ1v) is 5.15. The largest absolute Gasteiger partial charge is 0.330 e. The van der Waals surface area contributed by atoms with Crippen molar-refractivity contribution in [2.24, 2.45) is 5.73 Å². The van der Waals surface area contributed by atoms with Crippen LogP contribution in [0.2, 0.25) is 0 Å². The molecule has 0 radical (unpaired) electrons. The highest BCUT2D eigenvalue weighted by molar-refractivity contribution is 5.22. The maximum atomic E-state index is 5.58. The fourth-order valence-electron chi connectivity index (χ4n) is 2.05. The quantitative estimate of drug-likeness (QED) is 0.655. The molecule has 1 aliphatic heterocycles. The van der Waals surface area contributed by atoms with Crippen LogP contribution in [0.3, 0.4) is 0 Å². The van der Waals surface area contributed by atoms with E-state index >= 15 is 0 Å². The van der Waals surface area contributed by atoms with Gasteiger partial charge in [-0.05, 0) is 18.5 Å². The van der Waals surface area contributed by atoms with Crippen molar-refractivity contribution >= 4 is 0 Å². The highest BCUT2D eigenvalue weighted by Gasteiger charge is 2.26. The predicted molar refractivity (Wildman–Crippen MR) is 57.8 cm³/mol. The molecule has 2 unspecified atom stereocenters. The van der Waals surface area contributed by atoms with E-state index in [9.17, 15) is 0 Å². The van der Waals surface area contributed by atoms with Gasteiger partial charge in [-0.25, -0.2) is 0 Å². The standard InChI is InChI=1S/C11H17N3/c12-7-6-11-10(8-13-14-11)9-4-2-1-3-5-9/h1-5,10-11,13-14H,6-8,12H2. The third-order valence-corrected chi connectivity index (χ3v) is 2.80. The van der Waals surface area contributed by atoms with Crippen LogP contribution in [0.1, 0.15) is 17.9 Å². The minimum absolute atomic E-state index is 0.474. The molecule has 2 atom stereocenters. The summed E-state index contributed by atoms with van der Waals surface area (Å²) in [5.41, 5.74) is 13.4. The van der Waals surface area contributed by atoms with E-state index in [2.05, 4.69) is 41.2 Å². The molecular formula is C11H17N3. The molecule has 3 nitrogen and oxygen atoms in total. The van der Waals surface area contributed by atoms with Gasteiger partial charge in [-0.3, -0.25) is 10.9 Å². The molecule has 2 rings (SSSR count). The Morgan fingerprint density at radius 2 is 2.07 bits per heavy atom. The van der Waals surface area contributed by atoms with Gasteiger partial charge in [-0.15, -0.1) is 0 Å². The summed E-state index contributed by atoms with van der Waals surface area (Å²) in [5.74, 6) is 0.555. The van der Waals surface area contributed by atoms with E-state index in [0.29, 0.717) is 12.0 Å². The average molecular weight is 191 g/mol. The number of benzene rings is 1. The molecule has 0 aliphatic carbocycles. The van der Waals surface area contributed by atoms with Gasteiger partial charge in [-0.2, -0.15) is 0 Å². The number of rotatable bonds is 3. The topological polar surface area (TPSA) is 50.1 Å². The van der Waals surface area contributed by atoms with Gasteiger partial charge in [0.05, 0.1) is 0 Å². The van der Waals surface area contributed by atoms with Gasteiger partial charge in [0.2, 0.25) is 0 Å². The zero-order valence-electron chi connectivity index (χ0n) is 8.24. The molecule has 3 heteroatoms. The van der Waals surface area contributed by atoms with Gasteiger partial charge in [-0.1, -0.05) is 30.3 Å². The van der Waals surface area contributed by atoms with Crippen molar-refractivity contribution in [3.63, 3.8) is 0 Å². The molecule has 1 aromatic rings. The van der Waals surface area contributed by atoms with Gasteiger partial charge in [0.1, 0.15) is 0 Å². The third kappa shape index (κ3) is 1.95. The minimum atomic E-state index is 0.474. The van der Waals surface area contributed by atoms with Crippen LogP contribution in [0.4, 0.5) is 0 Å². The normalized spacial score (nSPS) is 26.6. The summed E-state index contributed by atoms with van der Waals surface area (Å²) in [6.45, 7) is 1.73. The molecule has 1 aromatic carbocycles. The van der Waals surface area contributed by atoms with Gasteiger partial charge in [0.25, 0.3) is 0 Å². The second-order valence-corrected chi connectivity index (χ2v) is 3.73. The summed E-state index contributed by atoms with van der Waals surface area (Å²) < 4.78 is 0. The molecule has 14 heavy (non-hydrogen) atoms. The van der Waals surface area contributed by atoms with Crippen LogP contribution in [0.15, 0.2) is 30.3 Å². The summed E-state index contributed by atoms with van der Waals surface area (Å²) in [5, 5.41) is 0. The van der Waals surface area contributed by atoms with E-state index in [1.807, 2.05) is 0 Å². The fraction of sp³-hybridized carbons (Fsp3) is 0.455. The van der Waals surface area contributed by atoms with Crippen molar-refractivity contribution in [3.05, 3.63) is 35.9 Å². The maximum absolute atomic E-state index is 5.58. The molecule has 0 spiro atoms. The highest BCUT2D eigenvalue weighted by Crippen LogP contribution is 2.23. The zero-order chi connectivity index (χ0) is 9.80. The highest BCUT2D eigenvalue weighted by atomic mass is 15.4. The van der Waals surface area contributed by atoms with Gasteiger partial charge >= 0.3 is 0 Å². The Kier molecular flexibility index (Phi) is 3.14. The lowest BCUT2D eigenvalue weighted by atomic mass is 9.91. The van der Waals surface area contributed by atoms with Crippen LogP contribution in [0.5, 0.6) is 0 Å². The van der Waals surface area contributed by atoms with Crippen molar-refractivity contribution in [1.82, 2.24) is 10.9 Å². The lowest BCUT2D eigenvalue weighted by Gasteiger charge is -2.17. The van der Waals surface area contributed by atoms with Crippen molar-refractivity contribution in [3.8, 4) is 0 Å². The van der Waals surface area contributed by atoms with E-state index in [4.69, 9.17) is 5.73 Å². The Hall–Kier alpha value is -0.900. The summed E-state index contributed by atoms with van der Waals surface area (Å²) >= 11 is 0. The molecule has 76 valence electrons. The number of nitrogens with two attached hydrogens (primary N) is 1. The second-order valence-electron chi connectivity index (χ2n) is 3.73. The van der Waals surface area contributed by atoms with Crippen LogP contribution >= 0.6 is 0 Å². The van der Waals surface area contributed by atoms with E-state index in [0.717, 1.165) is 19.5 Å². The van der Waals surface area contributed by atoms with E-state index in [1.54, 1.807) is 0 Å². The number of hydrogen-bond donors (Lipinski definition) is 3. The van der Waals surface area contributed by atoms with Crippen molar-refractivity contribution < 1.29 is 0 Å². The van der Waals surface area contributed by atoms with Gasteiger partial charge in [0.15, 0.2) is 0 Å². The Labute approximate surface area is 84.7 Å². The van der Waals surface area contributed by atoms with Crippen LogP contribution < -0.4 is 16.6 Å². The molecule has 1 saturated heterocycles. The summed E-state index contributed by atoms with van der Waals surface area (Å²) in [7, 11) is 0. The lowest BCUT2D eigenvalue weighted by Crippen LogP contribution is -2.32. The number of hydrazine groups is 1. The lowest BCUT2D eigenvalue weighted by molar-refractivity contribution is 0.499. The SMILES string of the molecule is NCCC1NNCC1c1ccccc1. The monoisotopic (exact) mass is 191 g/mol. The first-order valence-electron chi connectivity index (χ1n) is 5.15. The molecule has 0 amide bonds. The maximum Gasteiger partial charge on any atom is 0.0306 e. The molecule has 0 aromatic heterocycles. The number of hydrogen-bond acceptors (Lipinski definition) is 3. The summed E-state index contributed by atoms with van der Waals surface area (Å²) in [4.78, 5) is 0. The van der Waals surface area contributed by atoms with Crippen LogP contribution in [-0.2, 0) is 0 Å². The predicted octanol–water partition coefficient (Wildman–Crippen LogP) is 0.595. The second kappa shape index (κ2) is 4.55. The molecule has 1 fully saturated rings. The van der Waals surface area contributed by atoms with Gasteiger partial charge in [0, 0.05) is 18.5 Å². The Balaban J connectivity index is 2.10. The van der Waals surface area contributed by atoms with Crippen LogP contribution in [-0.4, -0.2) is 19.1 Å². The molecule has 0 bridgehead atoms. The van der Waals surface area contributed by atoms with Crippen LogP contribution in [0.25, 0.3) is 0 Å². The van der Waals surface area contributed by atoms with Crippen molar-refractivity contribution in [2.75, 3.05) is 13.1 Å². The molecule has 1 aliphatic rings. The Bertz CT molecular complexity index is 273. The van der Waals surface area contributed by atoms with Crippen molar-refractivity contribution in [2.45, 2.75) is 18.4 Å². The van der Waals surface area contributed by atoms with Gasteiger partial charge < -0.3 is 5.73 Å². The number of nitrogens with one attached hydrogen (secondary N) is 2. The van der Waals surface area contributed by atoms with E-state index in [-0.39, 0.29) is 0 Å². The third-order valence-electron chi connectivity index (χ3n) is 2.80. The minimum Gasteiger partial charge on any atom is -0.330 e. The zero-order valence-corrected chi connectivity index (χ0v) is 8.24. The first kappa shape index (κ1) is 9.65. The summed E-state index contributed by atoms with van der Waals surface area (Å²) in [6.07, 6.45) is 1.02. The first-order chi connectivity index (χ1) is 6.92. The van der Waals surface area contributed by atoms with Crippen LogP contribution in [0, 0.1) is 0 Å². The summed E-state index contributed by atoms with van der Waals surface area (Å²) in [6, 6.07) is 11.1. The Morgan fingerprint density at radius 3 is 2.79 bits per heavy atom. The van der Waals surface area contributed by atoms with E-state index < -0.39 is 0 Å². The molecule has 4 N–H and O–H groups in total.